The van der Waals surface area contributed by atoms with Crippen molar-refractivity contribution >= 4 is 36.5 Å². The van der Waals surface area contributed by atoms with Gasteiger partial charge in [-0.15, -0.1) is 0 Å². The third kappa shape index (κ3) is 2.51. The van der Waals surface area contributed by atoms with Crippen LogP contribution >= 0.6 is 11.3 Å². The zero-order chi connectivity index (χ0) is 15.4. The number of fused-ring (bicyclic) bond motifs is 1. The number of aryl methyl sites for hydroxylation is 1. The van der Waals surface area contributed by atoms with E-state index in [1.807, 2.05) is 0 Å². The highest BCUT2D eigenvalue weighted by molar-refractivity contribution is 7.91. The SMILES string of the molecule is Cc1ccc2sc(N3CCOC4(CCS(=O)(=O)C4)C3)nc2c1. The van der Waals surface area contributed by atoms with Crippen molar-refractivity contribution < 1.29 is 13.2 Å². The van der Waals surface area contributed by atoms with E-state index in [0.29, 0.717) is 19.6 Å². The average Bonchev–Trinajstić information content (AvgIpc) is 3.00. The third-order valence-corrected chi connectivity index (χ3v) is 7.29. The lowest BCUT2D eigenvalue weighted by Crippen LogP contribution is -2.52. The van der Waals surface area contributed by atoms with Crippen LogP contribution in [0.1, 0.15) is 12.0 Å². The van der Waals surface area contributed by atoms with Crippen molar-refractivity contribution in [1.29, 1.82) is 0 Å². The van der Waals surface area contributed by atoms with Gasteiger partial charge in [0.15, 0.2) is 15.0 Å². The lowest BCUT2D eigenvalue weighted by atomic mass is 10.0. The topological polar surface area (TPSA) is 59.5 Å². The first kappa shape index (κ1) is 14.4. The zero-order valence-corrected chi connectivity index (χ0v) is 14.0. The minimum Gasteiger partial charge on any atom is -0.370 e. The van der Waals surface area contributed by atoms with Crippen molar-refractivity contribution in [2.45, 2.75) is 18.9 Å². The lowest BCUT2D eigenvalue weighted by Gasteiger charge is -2.39. The molecule has 7 heteroatoms. The van der Waals surface area contributed by atoms with Gasteiger partial charge in [0.05, 0.1) is 34.9 Å². The Morgan fingerprint density at radius 1 is 1.41 bits per heavy atom. The van der Waals surface area contributed by atoms with Gasteiger partial charge in [0.1, 0.15) is 5.60 Å². The number of hydrogen-bond acceptors (Lipinski definition) is 6. The molecule has 118 valence electrons. The van der Waals surface area contributed by atoms with Crippen LogP contribution in [-0.4, -0.2) is 50.2 Å². The number of benzene rings is 1. The summed E-state index contributed by atoms with van der Waals surface area (Å²) in [4.78, 5) is 6.91. The van der Waals surface area contributed by atoms with E-state index in [2.05, 4.69) is 30.0 Å². The summed E-state index contributed by atoms with van der Waals surface area (Å²) in [6, 6.07) is 6.28. The number of morpholine rings is 1. The van der Waals surface area contributed by atoms with E-state index in [4.69, 9.17) is 9.72 Å². The first-order valence-electron chi connectivity index (χ1n) is 7.41. The molecule has 1 aromatic carbocycles. The second-order valence-electron chi connectivity index (χ2n) is 6.26. The Balaban J connectivity index is 1.64. The van der Waals surface area contributed by atoms with Crippen molar-refractivity contribution in [1.82, 2.24) is 4.98 Å². The van der Waals surface area contributed by atoms with Crippen molar-refractivity contribution in [3.63, 3.8) is 0 Å². The van der Waals surface area contributed by atoms with E-state index in [9.17, 15) is 8.42 Å². The molecule has 0 aliphatic carbocycles. The lowest BCUT2D eigenvalue weighted by molar-refractivity contribution is -0.0359. The van der Waals surface area contributed by atoms with Crippen LogP contribution in [0.2, 0.25) is 0 Å². The smallest absolute Gasteiger partial charge is 0.186 e. The number of aromatic nitrogens is 1. The number of anilines is 1. The second kappa shape index (κ2) is 4.91. The number of nitrogens with zero attached hydrogens (tertiary/aromatic N) is 2. The normalized spacial score (nSPS) is 27.8. The maximum absolute atomic E-state index is 11.8. The highest BCUT2D eigenvalue weighted by Gasteiger charge is 2.46. The van der Waals surface area contributed by atoms with Crippen LogP contribution in [0.5, 0.6) is 0 Å². The number of ether oxygens (including phenoxy) is 1. The Morgan fingerprint density at radius 3 is 3.05 bits per heavy atom. The minimum atomic E-state index is -2.96. The van der Waals surface area contributed by atoms with Gasteiger partial charge in [-0.3, -0.25) is 0 Å². The van der Waals surface area contributed by atoms with E-state index < -0.39 is 15.4 Å². The number of hydrogen-bond donors (Lipinski definition) is 0. The van der Waals surface area contributed by atoms with Gasteiger partial charge in [-0.25, -0.2) is 13.4 Å². The van der Waals surface area contributed by atoms with E-state index in [-0.39, 0.29) is 11.5 Å². The predicted octanol–water partition coefficient (Wildman–Crippen LogP) is 2.00. The highest BCUT2D eigenvalue weighted by Crippen LogP contribution is 2.35. The van der Waals surface area contributed by atoms with Crippen LogP contribution in [0.15, 0.2) is 18.2 Å². The van der Waals surface area contributed by atoms with Crippen LogP contribution in [0.3, 0.4) is 0 Å². The van der Waals surface area contributed by atoms with Crippen molar-refractivity contribution in [2.75, 3.05) is 36.1 Å². The fourth-order valence-electron chi connectivity index (χ4n) is 3.29. The Morgan fingerprint density at radius 2 is 2.27 bits per heavy atom. The standard InChI is InChI=1S/C15H18N2O3S2/c1-11-2-3-13-12(8-11)16-14(21-13)17-5-6-20-15(9-17)4-7-22(18,19)10-15/h2-3,8H,4-7,9-10H2,1H3. The molecule has 1 spiro atoms. The van der Waals surface area contributed by atoms with E-state index >= 15 is 0 Å². The monoisotopic (exact) mass is 338 g/mol. The molecule has 4 rings (SSSR count). The van der Waals surface area contributed by atoms with E-state index in [1.54, 1.807) is 11.3 Å². The molecular weight excluding hydrogens is 320 g/mol. The molecule has 2 aromatic rings. The first-order chi connectivity index (χ1) is 10.4. The fourth-order valence-corrected chi connectivity index (χ4v) is 6.21. The molecule has 2 saturated heterocycles. The molecule has 0 bridgehead atoms. The summed E-state index contributed by atoms with van der Waals surface area (Å²) in [5.41, 5.74) is 1.68. The summed E-state index contributed by atoms with van der Waals surface area (Å²) in [5, 5.41) is 0.965. The molecule has 22 heavy (non-hydrogen) atoms. The molecule has 1 unspecified atom stereocenters. The van der Waals surface area contributed by atoms with E-state index in [0.717, 1.165) is 17.2 Å². The second-order valence-corrected chi connectivity index (χ2v) is 9.46. The van der Waals surface area contributed by atoms with Gasteiger partial charge in [-0.05, 0) is 31.0 Å². The predicted molar refractivity (Wildman–Crippen MR) is 88.5 cm³/mol. The molecule has 0 N–H and O–H groups in total. The molecule has 3 heterocycles. The summed E-state index contributed by atoms with van der Waals surface area (Å²) in [7, 11) is -2.96. The maximum atomic E-state index is 11.8. The zero-order valence-electron chi connectivity index (χ0n) is 12.4. The molecule has 2 aliphatic rings. The fraction of sp³-hybridized carbons (Fsp3) is 0.533. The van der Waals surface area contributed by atoms with Gasteiger partial charge < -0.3 is 9.64 Å². The Kier molecular flexibility index (Phi) is 3.22. The van der Waals surface area contributed by atoms with E-state index in [1.165, 1.54) is 10.3 Å². The third-order valence-electron chi connectivity index (χ3n) is 4.40. The van der Waals surface area contributed by atoms with Crippen molar-refractivity contribution in [3.05, 3.63) is 23.8 Å². The molecule has 2 aliphatic heterocycles. The molecule has 1 atom stereocenters. The molecule has 0 amide bonds. The van der Waals surface area contributed by atoms with Gasteiger partial charge in [-0.2, -0.15) is 0 Å². The summed E-state index contributed by atoms with van der Waals surface area (Å²) in [6.07, 6.45) is 0.593. The van der Waals surface area contributed by atoms with Crippen molar-refractivity contribution in [3.8, 4) is 0 Å². The summed E-state index contributed by atoms with van der Waals surface area (Å²) in [6.45, 7) is 4.00. The summed E-state index contributed by atoms with van der Waals surface area (Å²) >= 11 is 1.66. The minimum absolute atomic E-state index is 0.139. The van der Waals surface area contributed by atoms with Crippen LogP contribution in [-0.2, 0) is 14.6 Å². The van der Waals surface area contributed by atoms with Gasteiger partial charge >= 0.3 is 0 Å². The first-order valence-corrected chi connectivity index (χ1v) is 10.1. The van der Waals surface area contributed by atoms with Crippen molar-refractivity contribution in [2.24, 2.45) is 0 Å². The maximum Gasteiger partial charge on any atom is 0.186 e. The molecule has 2 fully saturated rings. The number of thiazole rings is 1. The largest absolute Gasteiger partial charge is 0.370 e. The summed E-state index contributed by atoms with van der Waals surface area (Å²) in [5.74, 6) is 0.375. The Hall–Kier alpha value is -1.18. The van der Waals surface area contributed by atoms with Crippen LogP contribution in [0.25, 0.3) is 10.2 Å². The quantitative estimate of drug-likeness (QED) is 0.796. The Bertz CT molecular complexity index is 830. The van der Waals surface area contributed by atoms with Gasteiger partial charge in [0, 0.05) is 6.54 Å². The summed E-state index contributed by atoms with van der Waals surface area (Å²) < 4.78 is 30.7. The number of rotatable bonds is 1. The number of sulfone groups is 1. The van der Waals surface area contributed by atoms with Crippen LogP contribution < -0.4 is 4.90 Å². The Labute approximate surface area is 133 Å². The van der Waals surface area contributed by atoms with Gasteiger partial charge in [-0.1, -0.05) is 17.4 Å². The average molecular weight is 338 g/mol. The molecule has 0 saturated carbocycles. The van der Waals surface area contributed by atoms with Crippen LogP contribution in [0.4, 0.5) is 5.13 Å². The van der Waals surface area contributed by atoms with Gasteiger partial charge in [0.25, 0.3) is 0 Å². The molecule has 0 radical (unpaired) electrons. The molecule has 5 nitrogen and oxygen atoms in total. The van der Waals surface area contributed by atoms with Crippen LogP contribution in [0, 0.1) is 6.92 Å². The van der Waals surface area contributed by atoms with Gasteiger partial charge in [0.2, 0.25) is 0 Å². The highest BCUT2D eigenvalue weighted by atomic mass is 32.2. The molecular formula is C15H18N2O3S2. The molecule has 1 aromatic heterocycles.